The monoisotopic (exact) mass is 264 g/mol. The van der Waals surface area contributed by atoms with Gasteiger partial charge in [0, 0.05) is 30.2 Å². The van der Waals surface area contributed by atoms with E-state index in [2.05, 4.69) is 22.3 Å². The molecule has 0 bridgehead atoms. The smallest absolute Gasteiger partial charge is 0.0406 e. The van der Waals surface area contributed by atoms with Gasteiger partial charge in [-0.05, 0) is 49.9 Å². The summed E-state index contributed by atoms with van der Waals surface area (Å²) in [5.74, 6) is 0. The van der Waals surface area contributed by atoms with Crippen molar-refractivity contribution < 1.29 is 0 Å². The number of likely N-dealkylation sites (tertiary alicyclic amines) is 1. The zero-order valence-corrected chi connectivity index (χ0v) is 11.5. The van der Waals surface area contributed by atoms with Gasteiger partial charge >= 0.3 is 0 Å². The van der Waals surface area contributed by atoms with Crippen LogP contribution in [-0.2, 0) is 6.42 Å². The summed E-state index contributed by atoms with van der Waals surface area (Å²) in [6, 6.07) is 9.82. The van der Waals surface area contributed by atoms with Crippen LogP contribution >= 0.6 is 11.6 Å². The lowest BCUT2D eigenvalue weighted by Gasteiger charge is -2.16. The molecule has 2 aliphatic rings. The fourth-order valence-electron chi connectivity index (χ4n) is 2.69. The Kier molecular flexibility index (Phi) is 3.88. The number of benzene rings is 1. The molecule has 3 rings (SSSR count). The van der Waals surface area contributed by atoms with Gasteiger partial charge in [0.2, 0.25) is 0 Å². The fraction of sp³-hybridized carbons (Fsp3) is 0.600. The summed E-state index contributed by atoms with van der Waals surface area (Å²) in [6.07, 6.45) is 5.23. The van der Waals surface area contributed by atoms with Crippen molar-refractivity contribution in [2.75, 3.05) is 19.6 Å². The van der Waals surface area contributed by atoms with Crippen LogP contribution in [0.4, 0.5) is 0 Å². The lowest BCUT2D eigenvalue weighted by molar-refractivity contribution is 0.331. The maximum Gasteiger partial charge on any atom is 0.0406 e. The van der Waals surface area contributed by atoms with Crippen LogP contribution in [0.5, 0.6) is 0 Å². The predicted octanol–water partition coefficient (Wildman–Crippen LogP) is 2.71. The third kappa shape index (κ3) is 3.47. The van der Waals surface area contributed by atoms with Crippen LogP contribution in [-0.4, -0.2) is 36.6 Å². The molecular formula is C15H21ClN2. The quantitative estimate of drug-likeness (QED) is 0.880. The number of nitrogens with one attached hydrogen (secondary N) is 1. The van der Waals surface area contributed by atoms with Crippen LogP contribution in [0.3, 0.4) is 0 Å². The zero-order chi connectivity index (χ0) is 12.4. The molecule has 2 fully saturated rings. The maximum atomic E-state index is 5.89. The van der Waals surface area contributed by atoms with E-state index >= 15 is 0 Å². The Morgan fingerprint density at radius 1 is 1.11 bits per heavy atom. The minimum atomic E-state index is 0.739. The lowest BCUT2D eigenvalue weighted by Crippen LogP contribution is -2.34. The highest BCUT2D eigenvalue weighted by Gasteiger charge is 2.28. The molecular weight excluding hydrogens is 244 g/mol. The molecule has 3 heteroatoms. The Labute approximate surface area is 114 Å². The van der Waals surface area contributed by atoms with Crippen molar-refractivity contribution in [2.24, 2.45) is 0 Å². The summed E-state index contributed by atoms with van der Waals surface area (Å²) in [7, 11) is 0. The van der Waals surface area contributed by atoms with E-state index in [4.69, 9.17) is 11.6 Å². The number of halogens is 1. The average Bonchev–Trinajstić information content (AvgIpc) is 3.07. The Bertz CT molecular complexity index is 386. The van der Waals surface area contributed by atoms with Crippen molar-refractivity contribution in [1.82, 2.24) is 10.2 Å². The average molecular weight is 265 g/mol. The topological polar surface area (TPSA) is 15.3 Å². The molecule has 98 valence electrons. The minimum absolute atomic E-state index is 0.739. The number of nitrogens with zero attached hydrogens (tertiary/aromatic N) is 1. The predicted molar refractivity (Wildman–Crippen MR) is 76.2 cm³/mol. The highest BCUT2D eigenvalue weighted by atomic mass is 35.5. The van der Waals surface area contributed by atoms with E-state index in [0.29, 0.717) is 0 Å². The molecule has 1 N–H and O–H groups in total. The van der Waals surface area contributed by atoms with E-state index in [1.54, 1.807) is 0 Å². The Hall–Kier alpha value is -0.570. The van der Waals surface area contributed by atoms with E-state index in [-0.39, 0.29) is 0 Å². The Morgan fingerprint density at radius 2 is 1.89 bits per heavy atom. The van der Waals surface area contributed by atoms with Crippen LogP contribution in [0.25, 0.3) is 0 Å². The summed E-state index contributed by atoms with van der Waals surface area (Å²) in [6.45, 7) is 3.65. The lowest BCUT2D eigenvalue weighted by atomic mass is 10.1. The SMILES string of the molecule is Clc1ccc(CCN2CCC(NC3CC3)C2)cc1. The fourth-order valence-corrected chi connectivity index (χ4v) is 2.82. The van der Waals surface area contributed by atoms with E-state index in [0.717, 1.165) is 23.5 Å². The third-order valence-corrected chi connectivity index (χ3v) is 4.20. The molecule has 1 unspecified atom stereocenters. The summed E-state index contributed by atoms with van der Waals surface area (Å²) >= 11 is 5.89. The molecule has 1 saturated carbocycles. The van der Waals surface area contributed by atoms with Crippen LogP contribution in [0.1, 0.15) is 24.8 Å². The molecule has 0 radical (unpaired) electrons. The standard InChI is InChI=1S/C15H21ClN2/c16-13-3-1-12(2-4-13)7-9-18-10-8-15(11-18)17-14-5-6-14/h1-4,14-15,17H,5-11H2. The van der Waals surface area contributed by atoms with E-state index < -0.39 is 0 Å². The minimum Gasteiger partial charge on any atom is -0.310 e. The molecule has 1 aliphatic heterocycles. The first kappa shape index (κ1) is 12.5. The van der Waals surface area contributed by atoms with Crippen molar-refractivity contribution >= 4 is 11.6 Å². The van der Waals surface area contributed by atoms with Crippen molar-refractivity contribution in [3.63, 3.8) is 0 Å². The molecule has 0 aromatic heterocycles. The van der Waals surface area contributed by atoms with Gasteiger partial charge in [-0.1, -0.05) is 23.7 Å². The van der Waals surface area contributed by atoms with E-state index in [9.17, 15) is 0 Å². The second kappa shape index (κ2) is 5.60. The molecule has 1 aromatic rings. The number of hydrogen-bond donors (Lipinski definition) is 1. The highest BCUT2D eigenvalue weighted by Crippen LogP contribution is 2.22. The zero-order valence-electron chi connectivity index (χ0n) is 10.7. The molecule has 1 aromatic carbocycles. The summed E-state index contributed by atoms with van der Waals surface area (Å²) in [5, 5.41) is 4.56. The third-order valence-electron chi connectivity index (χ3n) is 3.95. The van der Waals surface area contributed by atoms with E-state index in [1.165, 1.54) is 44.5 Å². The van der Waals surface area contributed by atoms with Gasteiger partial charge in [0.1, 0.15) is 0 Å². The molecule has 0 spiro atoms. The highest BCUT2D eigenvalue weighted by molar-refractivity contribution is 6.30. The van der Waals surface area contributed by atoms with Gasteiger partial charge in [-0.25, -0.2) is 0 Å². The normalized spacial score (nSPS) is 24.6. The van der Waals surface area contributed by atoms with Crippen molar-refractivity contribution in [3.8, 4) is 0 Å². The van der Waals surface area contributed by atoms with Crippen molar-refractivity contribution in [1.29, 1.82) is 0 Å². The summed E-state index contributed by atoms with van der Waals surface area (Å²) < 4.78 is 0. The first-order chi connectivity index (χ1) is 8.79. The first-order valence-electron chi connectivity index (χ1n) is 7.02. The summed E-state index contributed by atoms with van der Waals surface area (Å²) in [5.41, 5.74) is 1.39. The molecule has 1 heterocycles. The maximum absolute atomic E-state index is 5.89. The molecule has 1 saturated heterocycles. The van der Waals surface area contributed by atoms with Gasteiger partial charge in [-0.15, -0.1) is 0 Å². The van der Waals surface area contributed by atoms with Crippen LogP contribution in [0, 0.1) is 0 Å². The van der Waals surface area contributed by atoms with Crippen LogP contribution in [0.15, 0.2) is 24.3 Å². The molecule has 1 atom stereocenters. The molecule has 1 aliphatic carbocycles. The first-order valence-corrected chi connectivity index (χ1v) is 7.40. The van der Waals surface area contributed by atoms with E-state index in [1.807, 2.05) is 12.1 Å². The van der Waals surface area contributed by atoms with Crippen LogP contribution in [0.2, 0.25) is 5.02 Å². The number of hydrogen-bond acceptors (Lipinski definition) is 2. The van der Waals surface area contributed by atoms with Gasteiger partial charge < -0.3 is 10.2 Å². The number of rotatable bonds is 5. The van der Waals surface area contributed by atoms with Crippen molar-refractivity contribution in [3.05, 3.63) is 34.9 Å². The Morgan fingerprint density at radius 3 is 2.61 bits per heavy atom. The second-order valence-electron chi connectivity index (χ2n) is 5.60. The second-order valence-corrected chi connectivity index (χ2v) is 6.04. The summed E-state index contributed by atoms with van der Waals surface area (Å²) in [4.78, 5) is 2.58. The van der Waals surface area contributed by atoms with Crippen LogP contribution < -0.4 is 5.32 Å². The van der Waals surface area contributed by atoms with Gasteiger partial charge in [-0.3, -0.25) is 0 Å². The largest absolute Gasteiger partial charge is 0.310 e. The molecule has 0 amide bonds. The molecule has 18 heavy (non-hydrogen) atoms. The van der Waals surface area contributed by atoms with Gasteiger partial charge in [0.15, 0.2) is 0 Å². The van der Waals surface area contributed by atoms with Gasteiger partial charge in [0.05, 0.1) is 0 Å². The van der Waals surface area contributed by atoms with Gasteiger partial charge in [0.25, 0.3) is 0 Å². The Balaban J connectivity index is 1.42. The molecule has 2 nitrogen and oxygen atoms in total. The van der Waals surface area contributed by atoms with Gasteiger partial charge in [-0.2, -0.15) is 0 Å². The van der Waals surface area contributed by atoms with Crippen molar-refractivity contribution in [2.45, 2.75) is 37.8 Å².